The number of thiocarbonyl (C=S) groups is 1. The van der Waals surface area contributed by atoms with Gasteiger partial charge < -0.3 is 15.5 Å². The maximum Gasteiger partial charge on any atom is 0.323 e. The zero-order chi connectivity index (χ0) is 12.1. The summed E-state index contributed by atoms with van der Waals surface area (Å²) in [4.78, 5) is 23.5. The third-order valence-corrected chi connectivity index (χ3v) is 3.03. The summed E-state index contributed by atoms with van der Waals surface area (Å²) in [6.45, 7) is -0.156. The SMILES string of the molecule is O=C(O)CN1C(=O)C(=CNCCO)SC1=S. The van der Waals surface area contributed by atoms with E-state index >= 15 is 0 Å². The third kappa shape index (κ3) is 3.19. The van der Waals surface area contributed by atoms with E-state index in [2.05, 4.69) is 5.32 Å². The molecule has 0 aromatic heterocycles. The molecule has 0 aliphatic carbocycles. The van der Waals surface area contributed by atoms with Crippen LogP contribution in [0, 0.1) is 0 Å². The molecule has 1 saturated heterocycles. The molecule has 0 aromatic rings. The van der Waals surface area contributed by atoms with Crippen molar-refractivity contribution in [2.75, 3.05) is 19.7 Å². The molecule has 3 N–H and O–H groups in total. The van der Waals surface area contributed by atoms with Gasteiger partial charge in [-0.05, 0) is 0 Å². The summed E-state index contributed by atoms with van der Waals surface area (Å²) >= 11 is 5.91. The lowest BCUT2D eigenvalue weighted by atomic mass is 10.4. The number of hydrogen-bond acceptors (Lipinski definition) is 6. The maximum atomic E-state index is 11.6. The number of nitrogens with zero attached hydrogens (tertiary/aromatic N) is 1. The molecule has 0 saturated carbocycles. The summed E-state index contributed by atoms with van der Waals surface area (Å²) in [7, 11) is 0. The Morgan fingerprint density at radius 2 is 2.31 bits per heavy atom. The summed E-state index contributed by atoms with van der Waals surface area (Å²) in [5.74, 6) is -1.54. The molecule has 0 radical (unpaired) electrons. The lowest BCUT2D eigenvalue weighted by molar-refractivity contribution is -0.140. The highest BCUT2D eigenvalue weighted by atomic mass is 32.2. The quantitative estimate of drug-likeness (QED) is 0.345. The van der Waals surface area contributed by atoms with Crippen molar-refractivity contribution >= 4 is 40.2 Å². The molecule has 0 bridgehead atoms. The summed E-state index contributed by atoms with van der Waals surface area (Å²) in [6.07, 6.45) is 1.43. The second-order valence-corrected chi connectivity index (χ2v) is 4.52. The van der Waals surface area contributed by atoms with Crippen LogP contribution in [-0.4, -0.2) is 51.0 Å². The number of aliphatic carboxylic acids is 1. The monoisotopic (exact) mass is 262 g/mol. The van der Waals surface area contributed by atoms with Gasteiger partial charge in [-0.15, -0.1) is 0 Å². The number of thioether (sulfide) groups is 1. The smallest absolute Gasteiger partial charge is 0.323 e. The highest BCUT2D eigenvalue weighted by molar-refractivity contribution is 8.26. The fourth-order valence-electron chi connectivity index (χ4n) is 1.00. The predicted molar refractivity (Wildman–Crippen MR) is 62.7 cm³/mol. The number of carbonyl (C=O) groups is 2. The van der Waals surface area contributed by atoms with E-state index in [0.717, 1.165) is 16.7 Å². The van der Waals surface area contributed by atoms with Crippen LogP contribution in [0.1, 0.15) is 0 Å². The summed E-state index contributed by atoms with van der Waals surface area (Å²) in [5.41, 5.74) is 0. The van der Waals surface area contributed by atoms with E-state index in [1.54, 1.807) is 0 Å². The van der Waals surface area contributed by atoms with Crippen molar-refractivity contribution in [3.8, 4) is 0 Å². The van der Waals surface area contributed by atoms with Gasteiger partial charge in [0.15, 0.2) is 0 Å². The predicted octanol–water partition coefficient (Wildman–Crippen LogP) is -0.645. The molecular formula is C8H10N2O4S2. The number of hydrogen-bond donors (Lipinski definition) is 3. The first-order valence-electron chi connectivity index (χ1n) is 4.36. The lowest BCUT2D eigenvalue weighted by Gasteiger charge is -2.10. The molecule has 1 fully saturated rings. The molecule has 1 amide bonds. The molecule has 1 aliphatic rings. The minimum absolute atomic E-state index is 0.0497. The molecule has 6 nitrogen and oxygen atoms in total. The van der Waals surface area contributed by atoms with E-state index in [0.29, 0.717) is 11.4 Å². The lowest BCUT2D eigenvalue weighted by Crippen LogP contribution is -2.33. The van der Waals surface area contributed by atoms with Crippen LogP contribution in [0.2, 0.25) is 0 Å². The van der Waals surface area contributed by atoms with Crippen LogP contribution >= 0.6 is 24.0 Å². The molecule has 0 spiro atoms. The Morgan fingerprint density at radius 3 is 2.88 bits per heavy atom. The van der Waals surface area contributed by atoms with E-state index < -0.39 is 18.4 Å². The van der Waals surface area contributed by atoms with Gasteiger partial charge in [0.25, 0.3) is 5.91 Å². The van der Waals surface area contributed by atoms with Gasteiger partial charge in [-0.1, -0.05) is 24.0 Å². The number of aliphatic hydroxyl groups is 1. The minimum Gasteiger partial charge on any atom is -0.480 e. The number of nitrogens with one attached hydrogen (secondary N) is 1. The average molecular weight is 262 g/mol. The Bertz CT molecular complexity index is 356. The molecule has 1 aliphatic heterocycles. The molecule has 88 valence electrons. The van der Waals surface area contributed by atoms with Crippen molar-refractivity contribution in [1.29, 1.82) is 0 Å². The van der Waals surface area contributed by atoms with Gasteiger partial charge in [0.05, 0.1) is 11.5 Å². The first-order valence-corrected chi connectivity index (χ1v) is 5.58. The van der Waals surface area contributed by atoms with Gasteiger partial charge in [-0.3, -0.25) is 14.5 Å². The standard InChI is InChI=1S/C8H10N2O4S2/c11-2-1-9-3-5-7(14)10(4-6(12)13)8(15)16-5/h3,9,11H,1-2,4H2,(H,12,13). The zero-order valence-electron chi connectivity index (χ0n) is 8.17. The molecule has 8 heteroatoms. The van der Waals surface area contributed by atoms with Gasteiger partial charge in [0, 0.05) is 12.7 Å². The highest BCUT2D eigenvalue weighted by Crippen LogP contribution is 2.29. The molecule has 1 heterocycles. The second-order valence-electron chi connectivity index (χ2n) is 2.84. The van der Waals surface area contributed by atoms with Crippen molar-refractivity contribution < 1.29 is 19.8 Å². The second kappa shape index (κ2) is 5.83. The van der Waals surface area contributed by atoms with E-state index in [1.807, 2.05) is 0 Å². The Morgan fingerprint density at radius 1 is 1.62 bits per heavy atom. The van der Waals surface area contributed by atoms with E-state index in [1.165, 1.54) is 6.20 Å². The van der Waals surface area contributed by atoms with Crippen molar-refractivity contribution in [3.05, 3.63) is 11.1 Å². The molecule has 1 rings (SSSR count). The van der Waals surface area contributed by atoms with Crippen LogP contribution in [0.3, 0.4) is 0 Å². The summed E-state index contributed by atoms with van der Waals surface area (Å²) in [5, 5.41) is 19.8. The van der Waals surface area contributed by atoms with Crippen molar-refractivity contribution in [2.45, 2.75) is 0 Å². The number of aliphatic hydroxyl groups excluding tert-OH is 1. The Labute approximate surface area is 101 Å². The minimum atomic E-state index is -1.11. The summed E-state index contributed by atoms with van der Waals surface area (Å²) in [6, 6.07) is 0. The average Bonchev–Trinajstić information content (AvgIpc) is 2.46. The van der Waals surface area contributed by atoms with Gasteiger partial charge in [-0.2, -0.15) is 0 Å². The van der Waals surface area contributed by atoms with Gasteiger partial charge in [-0.25, -0.2) is 0 Å². The molecular weight excluding hydrogens is 252 g/mol. The number of carboxylic acids is 1. The number of carbonyl (C=O) groups excluding carboxylic acids is 1. The number of carboxylic acid groups (broad SMARTS) is 1. The fraction of sp³-hybridized carbons (Fsp3) is 0.375. The molecule has 0 atom stereocenters. The zero-order valence-corrected chi connectivity index (χ0v) is 9.81. The van der Waals surface area contributed by atoms with E-state index in [4.69, 9.17) is 22.4 Å². The largest absolute Gasteiger partial charge is 0.480 e. The Kier molecular flexibility index (Phi) is 4.71. The van der Waals surface area contributed by atoms with Crippen LogP contribution in [0.15, 0.2) is 11.1 Å². The Balaban J connectivity index is 2.66. The Hall–Kier alpha value is -1.12. The van der Waals surface area contributed by atoms with Crippen molar-refractivity contribution in [3.63, 3.8) is 0 Å². The molecule has 16 heavy (non-hydrogen) atoms. The van der Waals surface area contributed by atoms with Crippen LogP contribution in [0.5, 0.6) is 0 Å². The normalized spacial score (nSPS) is 18.3. The summed E-state index contributed by atoms with van der Waals surface area (Å²) < 4.78 is 0.226. The van der Waals surface area contributed by atoms with E-state index in [-0.39, 0.29) is 10.9 Å². The van der Waals surface area contributed by atoms with Crippen LogP contribution < -0.4 is 5.32 Å². The maximum absolute atomic E-state index is 11.6. The van der Waals surface area contributed by atoms with Gasteiger partial charge in [0.2, 0.25) is 0 Å². The number of rotatable bonds is 5. The first-order chi connectivity index (χ1) is 7.56. The van der Waals surface area contributed by atoms with Crippen LogP contribution in [-0.2, 0) is 9.59 Å². The van der Waals surface area contributed by atoms with Crippen LogP contribution in [0.25, 0.3) is 0 Å². The van der Waals surface area contributed by atoms with Crippen molar-refractivity contribution in [2.24, 2.45) is 0 Å². The van der Waals surface area contributed by atoms with Gasteiger partial charge >= 0.3 is 5.97 Å². The van der Waals surface area contributed by atoms with Crippen LogP contribution in [0.4, 0.5) is 0 Å². The first kappa shape index (κ1) is 12.9. The topological polar surface area (TPSA) is 89.9 Å². The molecule has 0 unspecified atom stereocenters. The highest BCUT2D eigenvalue weighted by Gasteiger charge is 2.33. The van der Waals surface area contributed by atoms with Gasteiger partial charge in [0.1, 0.15) is 10.9 Å². The van der Waals surface area contributed by atoms with Crippen molar-refractivity contribution in [1.82, 2.24) is 10.2 Å². The van der Waals surface area contributed by atoms with E-state index in [9.17, 15) is 9.59 Å². The fourth-order valence-corrected chi connectivity index (χ4v) is 2.20. The third-order valence-electron chi connectivity index (χ3n) is 1.66. The molecule has 0 aromatic carbocycles. The number of amides is 1.